The number of hydrogen-bond acceptors (Lipinski definition) is 4. The number of rotatable bonds is 6. The fraction of sp³-hybridized carbons (Fsp3) is 0.235. The van der Waals surface area contributed by atoms with Crippen LogP contribution in [-0.2, 0) is 14.8 Å². The molecule has 2 rings (SSSR count). The van der Waals surface area contributed by atoms with Crippen LogP contribution in [0, 0.1) is 6.92 Å². The molecule has 5 nitrogen and oxygen atoms in total. The van der Waals surface area contributed by atoms with Crippen molar-refractivity contribution in [2.45, 2.75) is 16.7 Å². The van der Waals surface area contributed by atoms with E-state index in [-0.39, 0.29) is 16.6 Å². The molecule has 0 bridgehead atoms. The zero-order valence-electron chi connectivity index (χ0n) is 14.1. The van der Waals surface area contributed by atoms with Crippen molar-refractivity contribution in [2.75, 3.05) is 25.2 Å². The molecular formula is C17H19BrN2O3S2. The van der Waals surface area contributed by atoms with Crippen LogP contribution in [0.4, 0.5) is 5.69 Å². The molecule has 0 atom stereocenters. The third kappa shape index (κ3) is 5.31. The first-order valence-electron chi connectivity index (χ1n) is 7.41. The number of halogens is 1. The highest BCUT2D eigenvalue weighted by atomic mass is 79.9. The third-order valence-corrected chi connectivity index (χ3v) is 6.91. The molecule has 0 spiro atoms. The molecule has 0 radical (unpaired) electrons. The number of carbonyl (C=O) groups is 1. The number of carbonyl (C=O) groups excluding carboxylic acids is 1. The predicted molar refractivity (Wildman–Crippen MR) is 106 cm³/mol. The summed E-state index contributed by atoms with van der Waals surface area (Å²) in [4.78, 5) is 13.3. The van der Waals surface area contributed by atoms with E-state index >= 15 is 0 Å². The fourth-order valence-corrected chi connectivity index (χ4v) is 4.22. The molecule has 0 saturated heterocycles. The number of nitrogens with zero attached hydrogens (tertiary/aromatic N) is 1. The second-order valence-electron chi connectivity index (χ2n) is 5.56. The first kappa shape index (κ1) is 20.0. The Bertz CT molecular complexity index is 866. The Labute approximate surface area is 161 Å². The molecule has 0 aromatic heterocycles. The minimum atomic E-state index is -3.46. The van der Waals surface area contributed by atoms with E-state index in [0.29, 0.717) is 5.69 Å². The molecule has 0 saturated carbocycles. The zero-order valence-corrected chi connectivity index (χ0v) is 17.3. The maximum atomic E-state index is 12.1. The van der Waals surface area contributed by atoms with E-state index in [1.165, 1.54) is 38.0 Å². The summed E-state index contributed by atoms with van der Waals surface area (Å²) in [6.45, 7) is 1.99. The van der Waals surface area contributed by atoms with Gasteiger partial charge >= 0.3 is 0 Å². The van der Waals surface area contributed by atoms with Crippen LogP contribution in [0.25, 0.3) is 0 Å². The highest BCUT2D eigenvalue weighted by Crippen LogP contribution is 2.25. The fourth-order valence-electron chi connectivity index (χ4n) is 2.04. The van der Waals surface area contributed by atoms with Gasteiger partial charge in [0.25, 0.3) is 0 Å². The number of sulfonamides is 1. The molecular weight excluding hydrogens is 424 g/mol. The van der Waals surface area contributed by atoms with Gasteiger partial charge in [0, 0.05) is 29.2 Å². The lowest BCUT2D eigenvalue weighted by Crippen LogP contribution is -2.22. The molecule has 2 aromatic rings. The molecule has 0 heterocycles. The Balaban J connectivity index is 1.97. The summed E-state index contributed by atoms with van der Waals surface area (Å²) in [6.07, 6.45) is 0. The van der Waals surface area contributed by atoms with Gasteiger partial charge in [-0.05, 0) is 55.0 Å². The molecule has 1 amide bonds. The molecule has 25 heavy (non-hydrogen) atoms. The van der Waals surface area contributed by atoms with E-state index in [2.05, 4.69) is 21.2 Å². The number of anilines is 1. The van der Waals surface area contributed by atoms with Crippen molar-refractivity contribution in [3.05, 3.63) is 52.5 Å². The standard InChI is InChI=1S/C17H19BrN2O3S2/c1-12-10-13(18)4-9-16(12)24-11-17(21)19-14-5-7-15(8-6-14)25(22,23)20(2)3/h4-10H,11H2,1-3H3,(H,19,21). The zero-order chi connectivity index (χ0) is 18.6. The van der Waals surface area contributed by atoms with Crippen LogP contribution in [0.3, 0.4) is 0 Å². The summed E-state index contributed by atoms with van der Waals surface area (Å²) in [7, 11) is -0.507. The van der Waals surface area contributed by atoms with Gasteiger partial charge in [0.2, 0.25) is 15.9 Å². The average molecular weight is 443 g/mol. The SMILES string of the molecule is Cc1cc(Br)ccc1SCC(=O)Nc1ccc(S(=O)(=O)N(C)C)cc1. The summed E-state index contributed by atoms with van der Waals surface area (Å²) >= 11 is 4.87. The molecule has 2 aromatic carbocycles. The molecule has 1 N–H and O–H groups in total. The van der Waals surface area contributed by atoms with Gasteiger partial charge in [0.15, 0.2) is 0 Å². The van der Waals surface area contributed by atoms with E-state index in [0.717, 1.165) is 19.2 Å². The molecule has 0 fully saturated rings. The van der Waals surface area contributed by atoms with Crippen molar-refractivity contribution in [1.29, 1.82) is 0 Å². The van der Waals surface area contributed by atoms with Crippen LogP contribution in [0.2, 0.25) is 0 Å². The van der Waals surface area contributed by atoms with Crippen molar-refractivity contribution in [3.8, 4) is 0 Å². The van der Waals surface area contributed by atoms with E-state index < -0.39 is 10.0 Å². The summed E-state index contributed by atoms with van der Waals surface area (Å²) < 4.78 is 26.2. The van der Waals surface area contributed by atoms with Crippen molar-refractivity contribution < 1.29 is 13.2 Å². The van der Waals surface area contributed by atoms with Crippen LogP contribution in [-0.4, -0.2) is 38.5 Å². The number of aryl methyl sites for hydroxylation is 1. The summed E-state index contributed by atoms with van der Waals surface area (Å²) in [5.41, 5.74) is 1.67. The van der Waals surface area contributed by atoms with Crippen LogP contribution in [0.5, 0.6) is 0 Å². The lowest BCUT2D eigenvalue weighted by Gasteiger charge is -2.12. The molecule has 0 aliphatic rings. The quantitative estimate of drug-likeness (QED) is 0.691. The number of amides is 1. The van der Waals surface area contributed by atoms with Gasteiger partial charge in [0.05, 0.1) is 10.6 Å². The lowest BCUT2D eigenvalue weighted by atomic mass is 10.2. The van der Waals surface area contributed by atoms with E-state index in [1.54, 1.807) is 12.1 Å². The summed E-state index contributed by atoms with van der Waals surface area (Å²) in [6, 6.07) is 12.1. The van der Waals surface area contributed by atoms with Gasteiger partial charge < -0.3 is 5.32 Å². The molecule has 134 valence electrons. The lowest BCUT2D eigenvalue weighted by molar-refractivity contribution is -0.113. The molecule has 0 aliphatic carbocycles. The van der Waals surface area contributed by atoms with Crippen LogP contribution < -0.4 is 5.32 Å². The largest absolute Gasteiger partial charge is 0.325 e. The topological polar surface area (TPSA) is 66.5 Å². The Morgan fingerprint density at radius 3 is 2.36 bits per heavy atom. The minimum absolute atomic E-state index is 0.143. The second-order valence-corrected chi connectivity index (χ2v) is 9.64. The third-order valence-electron chi connectivity index (χ3n) is 3.41. The van der Waals surface area contributed by atoms with Crippen molar-refractivity contribution in [2.24, 2.45) is 0 Å². The number of hydrogen-bond donors (Lipinski definition) is 1. The van der Waals surface area contributed by atoms with Gasteiger partial charge in [-0.2, -0.15) is 0 Å². The van der Waals surface area contributed by atoms with Crippen LogP contribution in [0.15, 0.2) is 56.7 Å². The Kier molecular flexibility index (Phi) is 6.67. The van der Waals surface area contributed by atoms with Crippen molar-refractivity contribution in [3.63, 3.8) is 0 Å². The number of nitrogens with one attached hydrogen (secondary N) is 1. The second kappa shape index (κ2) is 8.35. The minimum Gasteiger partial charge on any atom is -0.325 e. The molecule has 0 unspecified atom stereocenters. The highest BCUT2D eigenvalue weighted by molar-refractivity contribution is 9.10. The van der Waals surface area contributed by atoms with E-state index in [9.17, 15) is 13.2 Å². The normalized spacial score (nSPS) is 11.6. The van der Waals surface area contributed by atoms with Crippen LogP contribution in [0.1, 0.15) is 5.56 Å². The van der Waals surface area contributed by atoms with Crippen LogP contribution >= 0.6 is 27.7 Å². The van der Waals surface area contributed by atoms with Gasteiger partial charge in [-0.25, -0.2) is 12.7 Å². The van der Waals surface area contributed by atoms with Gasteiger partial charge in [-0.1, -0.05) is 15.9 Å². The maximum absolute atomic E-state index is 12.1. The summed E-state index contributed by atoms with van der Waals surface area (Å²) in [5, 5.41) is 2.77. The smallest absolute Gasteiger partial charge is 0.242 e. The Morgan fingerprint density at radius 2 is 1.80 bits per heavy atom. The van der Waals surface area contributed by atoms with E-state index in [1.807, 2.05) is 25.1 Å². The number of thioether (sulfide) groups is 1. The molecule has 0 aliphatic heterocycles. The van der Waals surface area contributed by atoms with Gasteiger partial charge in [-0.15, -0.1) is 11.8 Å². The maximum Gasteiger partial charge on any atom is 0.242 e. The van der Waals surface area contributed by atoms with Gasteiger partial charge in [-0.3, -0.25) is 4.79 Å². The Hall–Kier alpha value is -1.35. The first-order valence-corrected chi connectivity index (χ1v) is 10.6. The molecule has 8 heteroatoms. The number of benzene rings is 2. The summed E-state index contributed by atoms with van der Waals surface area (Å²) in [5.74, 6) is 0.135. The van der Waals surface area contributed by atoms with E-state index in [4.69, 9.17) is 0 Å². The first-order chi connectivity index (χ1) is 11.7. The van der Waals surface area contributed by atoms with Gasteiger partial charge in [0.1, 0.15) is 0 Å². The Morgan fingerprint density at radius 1 is 1.16 bits per heavy atom. The monoisotopic (exact) mass is 442 g/mol. The average Bonchev–Trinajstić information content (AvgIpc) is 2.54. The predicted octanol–water partition coefficient (Wildman–Crippen LogP) is 3.74. The highest BCUT2D eigenvalue weighted by Gasteiger charge is 2.16. The van der Waals surface area contributed by atoms with Crippen molar-refractivity contribution >= 4 is 49.3 Å². The van der Waals surface area contributed by atoms with Crippen molar-refractivity contribution in [1.82, 2.24) is 4.31 Å².